The Morgan fingerprint density at radius 1 is 0.952 bits per heavy atom. The molecule has 1 aliphatic carbocycles. The predicted octanol–water partition coefficient (Wildman–Crippen LogP) is 5.66. The van der Waals surface area contributed by atoms with Crippen LogP contribution >= 0.6 is 0 Å². The number of rotatable bonds is 8. The molecule has 2 unspecified atom stereocenters. The molecule has 3 rings (SSSR count). The van der Waals surface area contributed by atoms with E-state index in [1.54, 1.807) is 52.0 Å². The molecule has 0 bridgehead atoms. The third-order valence-electron chi connectivity index (χ3n) is 7.32. The van der Waals surface area contributed by atoms with Crippen LogP contribution in [0.1, 0.15) is 96.4 Å². The number of alkyl carbamates (subject to hydrolysis) is 1. The van der Waals surface area contributed by atoms with Crippen molar-refractivity contribution in [3.8, 4) is 11.5 Å². The average molecular weight is 582 g/mol. The largest absolute Gasteiger partial charge is 0.508 e. The summed E-state index contributed by atoms with van der Waals surface area (Å²) in [5, 5.41) is 26.0. The number of ether oxygens (including phenoxy) is 1. The highest BCUT2D eigenvalue weighted by molar-refractivity contribution is 5.93. The van der Waals surface area contributed by atoms with E-state index in [1.165, 1.54) is 23.1 Å². The summed E-state index contributed by atoms with van der Waals surface area (Å²) >= 11 is 0. The van der Waals surface area contributed by atoms with E-state index < -0.39 is 35.2 Å². The molecule has 230 valence electrons. The van der Waals surface area contributed by atoms with E-state index in [-0.39, 0.29) is 29.9 Å². The van der Waals surface area contributed by atoms with Gasteiger partial charge in [0.15, 0.2) is 0 Å². The highest BCUT2D eigenvalue weighted by atomic mass is 16.6. The molecule has 4 N–H and O–H groups in total. The first-order chi connectivity index (χ1) is 19.5. The third-order valence-corrected chi connectivity index (χ3v) is 7.32. The van der Waals surface area contributed by atoms with E-state index in [1.807, 2.05) is 20.8 Å². The number of hydrogen-bond acceptors (Lipinski definition) is 6. The number of nitrogens with zero attached hydrogens (tertiary/aromatic N) is 1. The van der Waals surface area contributed by atoms with Gasteiger partial charge in [0, 0.05) is 18.0 Å². The molecule has 2 aromatic rings. The Bertz CT molecular complexity index is 1240. The minimum absolute atomic E-state index is 0.0107. The summed E-state index contributed by atoms with van der Waals surface area (Å²) < 4.78 is 5.49. The number of phenolic OH excluding ortho intramolecular Hbond substituents is 2. The van der Waals surface area contributed by atoms with Crippen LogP contribution in [-0.2, 0) is 20.7 Å². The van der Waals surface area contributed by atoms with Crippen LogP contribution in [0.25, 0.3) is 0 Å². The zero-order valence-electron chi connectivity index (χ0n) is 26.0. The Balaban J connectivity index is 2.08. The van der Waals surface area contributed by atoms with Gasteiger partial charge < -0.3 is 30.5 Å². The lowest BCUT2D eigenvalue weighted by Crippen LogP contribution is -2.59. The van der Waals surface area contributed by atoms with Gasteiger partial charge in [-0.2, -0.15) is 0 Å². The molecular formula is C33H47N3O6. The van der Waals surface area contributed by atoms with Gasteiger partial charge in [-0.3, -0.25) is 9.59 Å². The van der Waals surface area contributed by atoms with Crippen LogP contribution < -0.4 is 10.6 Å². The van der Waals surface area contributed by atoms with Gasteiger partial charge in [-0.15, -0.1) is 0 Å². The molecule has 2 aromatic carbocycles. The fourth-order valence-corrected chi connectivity index (χ4v) is 5.32. The van der Waals surface area contributed by atoms with Gasteiger partial charge in [0.2, 0.25) is 11.8 Å². The zero-order valence-corrected chi connectivity index (χ0v) is 26.0. The molecule has 9 heteroatoms. The van der Waals surface area contributed by atoms with Crippen molar-refractivity contribution in [1.82, 2.24) is 15.5 Å². The molecule has 42 heavy (non-hydrogen) atoms. The van der Waals surface area contributed by atoms with Crippen LogP contribution in [0.15, 0.2) is 42.5 Å². The molecule has 0 heterocycles. The van der Waals surface area contributed by atoms with Crippen molar-refractivity contribution < 1.29 is 29.3 Å². The molecule has 2 atom stereocenters. The molecule has 1 saturated carbocycles. The number of carbonyl (C=O) groups excluding carboxylic acids is 3. The molecule has 0 spiro atoms. The van der Waals surface area contributed by atoms with Crippen LogP contribution in [0.2, 0.25) is 0 Å². The van der Waals surface area contributed by atoms with Gasteiger partial charge in [0.1, 0.15) is 29.2 Å². The minimum atomic E-state index is -1.08. The third kappa shape index (κ3) is 9.13. The Kier molecular flexibility index (Phi) is 10.5. The van der Waals surface area contributed by atoms with Gasteiger partial charge in [-0.25, -0.2) is 4.79 Å². The van der Waals surface area contributed by atoms with Crippen LogP contribution in [0.4, 0.5) is 4.79 Å². The van der Waals surface area contributed by atoms with Gasteiger partial charge in [-0.1, -0.05) is 37.5 Å². The van der Waals surface area contributed by atoms with Crippen molar-refractivity contribution in [2.75, 3.05) is 0 Å². The predicted molar refractivity (Wildman–Crippen MR) is 162 cm³/mol. The molecule has 0 saturated heterocycles. The van der Waals surface area contributed by atoms with Gasteiger partial charge in [0.25, 0.3) is 0 Å². The first-order valence-corrected chi connectivity index (χ1v) is 14.8. The number of aromatic hydroxyl groups is 2. The Labute approximate surface area is 249 Å². The maximum Gasteiger partial charge on any atom is 0.408 e. The fraction of sp³-hybridized carbons (Fsp3) is 0.545. The second-order valence-corrected chi connectivity index (χ2v) is 13.2. The summed E-state index contributed by atoms with van der Waals surface area (Å²) in [4.78, 5) is 43.2. The zero-order chi connectivity index (χ0) is 31.2. The van der Waals surface area contributed by atoms with E-state index in [0.29, 0.717) is 16.7 Å². The summed E-state index contributed by atoms with van der Waals surface area (Å²) in [5.74, 6) is -0.595. The molecular weight excluding hydrogens is 534 g/mol. The van der Waals surface area contributed by atoms with Crippen molar-refractivity contribution in [3.05, 3.63) is 59.2 Å². The normalized spacial score (nSPS) is 15.8. The summed E-state index contributed by atoms with van der Waals surface area (Å²) in [7, 11) is 0. The number of phenols is 2. The monoisotopic (exact) mass is 581 g/mol. The molecule has 0 aromatic heterocycles. The topological polar surface area (TPSA) is 128 Å². The number of carbonyl (C=O) groups is 3. The van der Waals surface area contributed by atoms with Crippen molar-refractivity contribution in [2.24, 2.45) is 0 Å². The van der Waals surface area contributed by atoms with Crippen LogP contribution in [0.3, 0.4) is 0 Å². The van der Waals surface area contributed by atoms with E-state index >= 15 is 0 Å². The van der Waals surface area contributed by atoms with Crippen LogP contribution in [-0.4, -0.2) is 56.2 Å². The fourth-order valence-electron chi connectivity index (χ4n) is 5.32. The average Bonchev–Trinajstić information content (AvgIpc) is 2.88. The highest BCUT2D eigenvalue weighted by Gasteiger charge is 2.42. The Morgan fingerprint density at radius 3 is 2.12 bits per heavy atom. The lowest BCUT2D eigenvalue weighted by atomic mass is 9.92. The van der Waals surface area contributed by atoms with Crippen molar-refractivity contribution in [3.63, 3.8) is 0 Å². The van der Waals surface area contributed by atoms with Gasteiger partial charge in [0.05, 0.1) is 0 Å². The SMILES string of the molecule is Cc1cc(C(C(=O)NC2CCCCC2)N(C(=O)C(Cc2ccc(O)cc2)NC(=O)OC(C)(C)C)C(C)(C)C)ccc1O. The number of hydrogen-bond donors (Lipinski definition) is 4. The number of aryl methyl sites for hydroxylation is 1. The van der Waals surface area contributed by atoms with E-state index in [4.69, 9.17) is 4.74 Å². The van der Waals surface area contributed by atoms with Gasteiger partial charge in [-0.05, 0) is 102 Å². The smallest absolute Gasteiger partial charge is 0.408 e. The second kappa shape index (κ2) is 13.5. The molecule has 1 aliphatic rings. The second-order valence-electron chi connectivity index (χ2n) is 13.2. The lowest BCUT2D eigenvalue weighted by Gasteiger charge is -2.43. The first-order valence-electron chi connectivity index (χ1n) is 14.8. The number of nitrogens with one attached hydrogen (secondary N) is 2. The van der Waals surface area contributed by atoms with Crippen LogP contribution in [0.5, 0.6) is 11.5 Å². The maximum atomic E-state index is 14.6. The van der Waals surface area contributed by atoms with Crippen molar-refractivity contribution in [2.45, 2.75) is 116 Å². The molecule has 3 amide bonds. The summed E-state index contributed by atoms with van der Waals surface area (Å²) in [6.45, 7) is 12.5. The van der Waals surface area contributed by atoms with E-state index in [9.17, 15) is 24.6 Å². The Hall–Kier alpha value is -3.75. The molecule has 0 aliphatic heterocycles. The lowest BCUT2D eigenvalue weighted by molar-refractivity contribution is -0.148. The van der Waals surface area contributed by atoms with Gasteiger partial charge >= 0.3 is 6.09 Å². The summed E-state index contributed by atoms with van der Waals surface area (Å²) in [6, 6.07) is 9.23. The minimum Gasteiger partial charge on any atom is -0.508 e. The number of benzene rings is 2. The summed E-state index contributed by atoms with van der Waals surface area (Å²) in [6.07, 6.45) is 4.30. The molecule has 9 nitrogen and oxygen atoms in total. The standard InChI is InChI=1S/C33H47N3O6/c1-21-19-23(15-18-27(21)38)28(29(39)34-24-11-9-8-10-12-24)36(32(2,3)4)30(40)26(35-31(41)42-33(5,6)7)20-22-13-16-25(37)17-14-22/h13-19,24,26,28,37-38H,8-12,20H2,1-7H3,(H,34,39)(H,35,41). The summed E-state index contributed by atoms with van der Waals surface area (Å²) in [5.41, 5.74) is 0.214. The first kappa shape index (κ1) is 32.8. The Morgan fingerprint density at radius 2 is 1.57 bits per heavy atom. The molecule has 1 fully saturated rings. The van der Waals surface area contributed by atoms with Crippen molar-refractivity contribution >= 4 is 17.9 Å². The highest BCUT2D eigenvalue weighted by Crippen LogP contribution is 2.33. The van der Waals surface area contributed by atoms with E-state index in [0.717, 1.165) is 32.1 Å². The van der Waals surface area contributed by atoms with Crippen molar-refractivity contribution in [1.29, 1.82) is 0 Å². The quantitative estimate of drug-likeness (QED) is 0.319. The molecule has 0 radical (unpaired) electrons. The maximum absolute atomic E-state index is 14.6. The number of amides is 3. The van der Waals surface area contributed by atoms with E-state index in [2.05, 4.69) is 10.6 Å². The van der Waals surface area contributed by atoms with Crippen LogP contribution in [0, 0.1) is 6.92 Å².